The maximum absolute atomic E-state index is 14.3. The van der Waals surface area contributed by atoms with Crippen LogP contribution in [0.5, 0.6) is 0 Å². The molecule has 3 amide bonds. The molecular formula is C31H41N3O4S. The number of carbonyl (C=O) groups excluding carboxylic acids is 3. The molecule has 1 spiro atoms. The minimum absolute atomic E-state index is 0.000452. The summed E-state index contributed by atoms with van der Waals surface area (Å²) in [4.78, 5) is 48.4. The Hall–Kier alpha value is -2.58. The zero-order valence-electron chi connectivity index (χ0n) is 23.1. The van der Waals surface area contributed by atoms with Gasteiger partial charge < -0.3 is 19.8 Å². The Bertz CT molecular complexity index is 1120. The molecular weight excluding hydrogens is 510 g/mol. The van der Waals surface area contributed by atoms with Crippen LogP contribution in [-0.2, 0) is 20.9 Å². The van der Waals surface area contributed by atoms with Gasteiger partial charge >= 0.3 is 0 Å². The molecule has 1 aromatic rings. The smallest absolute Gasteiger partial charge is 0.247 e. The average molecular weight is 552 g/mol. The van der Waals surface area contributed by atoms with Crippen LogP contribution in [0.15, 0.2) is 54.6 Å². The predicted octanol–water partition coefficient (Wildman–Crippen LogP) is 3.63. The van der Waals surface area contributed by atoms with Gasteiger partial charge in [0.1, 0.15) is 6.04 Å². The fourth-order valence-electron chi connectivity index (χ4n) is 6.93. The van der Waals surface area contributed by atoms with Crippen molar-refractivity contribution in [2.45, 2.75) is 74.6 Å². The van der Waals surface area contributed by atoms with Crippen molar-refractivity contribution < 1.29 is 19.5 Å². The number of benzene rings is 1. The van der Waals surface area contributed by atoms with E-state index in [4.69, 9.17) is 0 Å². The summed E-state index contributed by atoms with van der Waals surface area (Å²) in [5, 5.41) is 9.12. The number of thioether (sulfide) groups is 1. The van der Waals surface area contributed by atoms with E-state index in [-0.39, 0.29) is 35.6 Å². The van der Waals surface area contributed by atoms with E-state index in [0.29, 0.717) is 32.6 Å². The normalized spacial score (nSPS) is 30.7. The topological polar surface area (TPSA) is 81.2 Å². The van der Waals surface area contributed by atoms with Gasteiger partial charge in [0.05, 0.1) is 16.6 Å². The number of unbranched alkanes of at least 4 members (excludes halogenated alkanes) is 2. The molecule has 8 heteroatoms. The third-order valence-electron chi connectivity index (χ3n) is 8.79. The molecule has 0 bridgehead atoms. The number of fused-ring (bicyclic) bond motifs is 2. The molecule has 2 fully saturated rings. The molecule has 0 radical (unpaired) electrons. The van der Waals surface area contributed by atoms with Gasteiger partial charge in [0.25, 0.3) is 0 Å². The highest BCUT2D eigenvalue weighted by Gasteiger charge is 2.71. The van der Waals surface area contributed by atoms with Gasteiger partial charge in [-0.05, 0) is 38.2 Å². The molecule has 210 valence electrons. The average Bonchev–Trinajstić information content (AvgIpc) is 3.24. The Morgan fingerprint density at radius 1 is 1.03 bits per heavy atom. The summed E-state index contributed by atoms with van der Waals surface area (Å²) in [6.07, 6.45) is 12.4. The summed E-state index contributed by atoms with van der Waals surface area (Å²) in [5.41, 5.74) is 1.06. The van der Waals surface area contributed by atoms with E-state index in [9.17, 15) is 19.5 Å². The highest BCUT2D eigenvalue weighted by molar-refractivity contribution is 8.02. The molecule has 6 atom stereocenters. The minimum atomic E-state index is -0.767. The van der Waals surface area contributed by atoms with Crippen LogP contribution >= 0.6 is 11.8 Å². The van der Waals surface area contributed by atoms with Crippen LogP contribution in [0, 0.1) is 11.8 Å². The van der Waals surface area contributed by atoms with E-state index in [1.54, 1.807) is 16.7 Å². The molecule has 4 aliphatic rings. The van der Waals surface area contributed by atoms with Crippen LogP contribution in [0.1, 0.15) is 51.5 Å². The van der Waals surface area contributed by atoms with Gasteiger partial charge in [-0.15, -0.1) is 11.8 Å². The van der Waals surface area contributed by atoms with Crippen molar-refractivity contribution in [1.82, 2.24) is 14.7 Å². The fraction of sp³-hybridized carbons (Fsp3) is 0.581. The molecule has 1 aromatic carbocycles. The minimum Gasteiger partial charge on any atom is -0.396 e. The zero-order chi connectivity index (χ0) is 27.6. The van der Waals surface area contributed by atoms with E-state index < -0.39 is 22.6 Å². The van der Waals surface area contributed by atoms with E-state index >= 15 is 0 Å². The van der Waals surface area contributed by atoms with Crippen molar-refractivity contribution in [1.29, 1.82) is 0 Å². The molecule has 0 aromatic heterocycles. The number of likely N-dealkylation sites (tertiary alicyclic amines) is 1. The van der Waals surface area contributed by atoms with Gasteiger partial charge in [0.15, 0.2) is 0 Å². The van der Waals surface area contributed by atoms with Crippen LogP contribution in [0.25, 0.3) is 0 Å². The van der Waals surface area contributed by atoms with Crippen LogP contribution < -0.4 is 0 Å². The Morgan fingerprint density at radius 3 is 2.56 bits per heavy atom. The van der Waals surface area contributed by atoms with Gasteiger partial charge in [-0.2, -0.15) is 0 Å². The van der Waals surface area contributed by atoms with Gasteiger partial charge in [-0.1, -0.05) is 68.0 Å². The summed E-state index contributed by atoms with van der Waals surface area (Å²) in [5.74, 6) is -1.16. The van der Waals surface area contributed by atoms with Crippen molar-refractivity contribution in [2.75, 3.05) is 26.2 Å². The Morgan fingerprint density at radius 2 is 1.82 bits per heavy atom. The van der Waals surface area contributed by atoms with Crippen molar-refractivity contribution in [3.63, 3.8) is 0 Å². The lowest BCUT2D eigenvalue weighted by Crippen LogP contribution is -2.55. The zero-order valence-corrected chi connectivity index (χ0v) is 23.9. The molecule has 7 nitrogen and oxygen atoms in total. The lowest BCUT2D eigenvalue weighted by atomic mass is 9.78. The van der Waals surface area contributed by atoms with E-state index in [2.05, 4.69) is 38.2 Å². The quantitative estimate of drug-likeness (QED) is 0.355. The monoisotopic (exact) mass is 551 g/mol. The summed E-state index contributed by atoms with van der Waals surface area (Å²) in [6.45, 7) is 6.33. The molecule has 2 saturated heterocycles. The number of hydrogen-bond donors (Lipinski definition) is 1. The maximum Gasteiger partial charge on any atom is 0.247 e. The van der Waals surface area contributed by atoms with Crippen LogP contribution in [0.3, 0.4) is 0 Å². The van der Waals surface area contributed by atoms with E-state index in [1.807, 2.05) is 40.1 Å². The SMILES string of the molecule is CCCC(C)N1CC=C[C@]23S[C@H]4C=CCN(Cc5ccccc5)C(=O)[C@H]4[C@H]2C(=O)N(CCCCCO)C3C1=O. The summed E-state index contributed by atoms with van der Waals surface area (Å²) >= 11 is 1.65. The largest absolute Gasteiger partial charge is 0.396 e. The number of amides is 3. The fourth-order valence-corrected chi connectivity index (χ4v) is 8.94. The van der Waals surface area contributed by atoms with Crippen LogP contribution in [-0.4, -0.2) is 85.8 Å². The summed E-state index contributed by atoms with van der Waals surface area (Å²) in [6, 6.07) is 9.42. The number of aliphatic hydroxyl groups is 1. The van der Waals surface area contributed by atoms with Crippen molar-refractivity contribution in [2.24, 2.45) is 11.8 Å². The van der Waals surface area contributed by atoms with E-state index in [0.717, 1.165) is 31.2 Å². The number of carbonyl (C=O) groups is 3. The second-order valence-electron chi connectivity index (χ2n) is 11.3. The highest BCUT2D eigenvalue weighted by Crippen LogP contribution is 2.61. The summed E-state index contributed by atoms with van der Waals surface area (Å²) in [7, 11) is 0. The molecule has 2 unspecified atom stereocenters. The molecule has 39 heavy (non-hydrogen) atoms. The first kappa shape index (κ1) is 28.0. The highest BCUT2D eigenvalue weighted by atomic mass is 32.2. The molecule has 1 N–H and O–H groups in total. The van der Waals surface area contributed by atoms with Gasteiger partial charge in [-0.25, -0.2) is 0 Å². The first-order valence-electron chi connectivity index (χ1n) is 14.5. The number of aliphatic hydroxyl groups excluding tert-OH is 1. The van der Waals surface area contributed by atoms with Crippen molar-refractivity contribution in [3.8, 4) is 0 Å². The van der Waals surface area contributed by atoms with Crippen molar-refractivity contribution in [3.05, 3.63) is 60.2 Å². The first-order valence-corrected chi connectivity index (χ1v) is 15.4. The van der Waals surface area contributed by atoms with Crippen LogP contribution in [0.4, 0.5) is 0 Å². The molecule has 5 rings (SSSR count). The third-order valence-corrected chi connectivity index (χ3v) is 10.5. The number of rotatable bonds is 10. The Balaban J connectivity index is 1.50. The molecule has 4 aliphatic heterocycles. The van der Waals surface area contributed by atoms with Gasteiger partial charge in [0, 0.05) is 44.1 Å². The van der Waals surface area contributed by atoms with Gasteiger partial charge in [0.2, 0.25) is 17.7 Å². The lowest BCUT2D eigenvalue weighted by Gasteiger charge is -2.37. The second kappa shape index (κ2) is 11.9. The standard InChI is InChI=1S/C31H41N3O4S/c1-3-12-22(2)33-19-11-16-31-26(29(37)34(27(31)30(33)38)18-8-5-9-20-35)25-24(39-31)15-10-17-32(28(25)36)21-23-13-6-4-7-14-23/h4,6-7,10-11,13-16,22,24-27,35H,3,5,8-9,12,17-21H2,1-2H3/t22?,24-,25+,26-,27?,31-/m0/s1. The lowest BCUT2D eigenvalue weighted by molar-refractivity contribution is -0.145. The number of nitrogens with zero attached hydrogens (tertiary/aromatic N) is 3. The van der Waals surface area contributed by atoms with Gasteiger partial charge in [-0.3, -0.25) is 14.4 Å². The maximum atomic E-state index is 14.3. The van der Waals surface area contributed by atoms with Crippen LogP contribution in [0.2, 0.25) is 0 Å². The molecule has 0 saturated carbocycles. The number of hydrogen-bond acceptors (Lipinski definition) is 5. The third kappa shape index (κ3) is 5.06. The van der Waals surface area contributed by atoms with E-state index in [1.165, 1.54) is 0 Å². The predicted molar refractivity (Wildman–Crippen MR) is 154 cm³/mol. The molecule has 4 heterocycles. The second-order valence-corrected chi connectivity index (χ2v) is 12.8. The first-order chi connectivity index (χ1) is 18.9. The molecule has 0 aliphatic carbocycles. The summed E-state index contributed by atoms with van der Waals surface area (Å²) < 4.78 is -0.767. The van der Waals surface area contributed by atoms with Crippen molar-refractivity contribution >= 4 is 29.5 Å². The Kier molecular flexibility index (Phi) is 8.52. The Labute approximate surface area is 236 Å².